The van der Waals surface area contributed by atoms with Crippen LogP contribution in [-0.4, -0.2) is 39.5 Å². The Kier molecular flexibility index (Phi) is 5.92. The molecule has 0 radical (unpaired) electrons. The van der Waals surface area contributed by atoms with E-state index < -0.39 is 0 Å². The highest BCUT2D eigenvalue weighted by atomic mass is 16.5. The predicted octanol–water partition coefficient (Wildman–Crippen LogP) is 4.00. The van der Waals surface area contributed by atoms with Crippen molar-refractivity contribution in [2.75, 3.05) is 33.8 Å². The molecule has 0 fully saturated rings. The molecular weight excluding hydrogens is 376 g/mol. The molecule has 0 aliphatic carbocycles. The van der Waals surface area contributed by atoms with Gasteiger partial charge in [-0.1, -0.05) is 11.2 Å². The van der Waals surface area contributed by atoms with Gasteiger partial charge >= 0.3 is 0 Å². The standard InChI is InChI=1S/C21H22N2O6/c1-12(24)23-16-8-13(6-7-17(16)25-2)15-11-22-29-20(15)14-9-18(26-3)21(28-5)19(10-14)27-4/h6-11H,1-5H3,(H,23,24). The normalized spacial score (nSPS) is 10.4. The fourth-order valence-electron chi connectivity index (χ4n) is 3.03. The van der Waals surface area contributed by atoms with Crippen LogP contribution in [0.2, 0.25) is 0 Å². The van der Waals surface area contributed by atoms with Crippen LogP contribution in [0.15, 0.2) is 41.1 Å². The molecule has 0 bridgehead atoms. The fraction of sp³-hybridized carbons (Fsp3) is 0.238. The minimum atomic E-state index is -0.199. The quantitative estimate of drug-likeness (QED) is 0.643. The van der Waals surface area contributed by atoms with E-state index in [-0.39, 0.29) is 5.91 Å². The molecule has 8 heteroatoms. The Labute approximate surface area is 168 Å². The average Bonchev–Trinajstić information content (AvgIpc) is 3.22. The molecule has 152 valence electrons. The lowest BCUT2D eigenvalue weighted by atomic mass is 10.0. The van der Waals surface area contributed by atoms with E-state index in [4.69, 9.17) is 23.5 Å². The van der Waals surface area contributed by atoms with Crippen molar-refractivity contribution in [3.05, 3.63) is 36.5 Å². The van der Waals surface area contributed by atoms with Crippen molar-refractivity contribution in [2.24, 2.45) is 0 Å². The first kappa shape index (κ1) is 20.1. The highest BCUT2D eigenvalue weighted by Crippen LogP contribution is 2.43. The zero-order valence-electron chi connectivity index (χ0n) is 16.9. The first-order valence-corrected chi connectivity index (χ1v) is 8.73. The summed E-state index contributed by atoms with van der Waals surface area (Å²) in [7, 11) is 6.18. The number of rotatable bonds is 7. The zero-order chi connectivity index (χ0) is 21.0. The molecule has 0 saturated carbocycles. The summed E-state index contributed by atoms with van der Waals surface area (Å²) < 4.78 is 27.1. The van der Waals surface area contributed by atoms with E-state index in [0.717, 1.165) is 11.1 Å². The highest BCUT2D eigenvalue weighted by molar-refractivity contribution is 5.92. The molecule has 0 spiro atoms. The number of nitrogens with zero attached hydrogens (tertiary/aromatic N) is 1. The Hall–Kier alpha value is -3.68. The first-order valence-electron chi connectivity index (χ1n) is 8.73. The smallest absolute Gasteiger partial charge is 0.221 e. The van der Waals surface area contributed by atoms with Crippen molar-refractivity contribution in [3.8, 4) is 45.4 Å². The second-order valence-electron chi connectivity index (χ2n) is 6.08. The van der Waals surface area contributed by atoms with Crippen molar-refractivity contribution in [2.45, 2.75) is 6.92 Å². The van der Waals surface area contributed by atoms with Gasteiger partial charge in [0.15, 0.2) is 17.3 Å². The summed E-state index contributed by atoms with van der Waals surface area (Å²) in [5.41, 5.74) is 2.77. The Bertz CT molecular complexity index is 1000. The van der Waals surface area contributed by atoms with Gasteiger partial charge in [0.1, 0.15) is 5.75 Å². The van der Waals surface area contributed by atoms with Crippen molar-refractivity contribution >= 4 is 11.6 Å². The van der Waals surface area contributed by atoms with E-state index in [0.29, 0.717) is 40.0 Å². The summed E-state index contributed by atoms with van der Waals surface area (Å²) in [6.45, 7) is 1.44. The molecule has 0 saturated heterocycles. The van der Waals surface area contributed by atoms with Crippen molar-refractivity contribution in [1.29, 1.82) is 0 Å². The molecule has 0 aliphatic heterocycles. The molecule has 3 aromatic rings. The number of anilines is 1. The Morgan fingerprint density at radius 2 is 1.55 bits per heavy atom. The second-order valence-corrected chi connectivity index (χ2v) is 6.08. The third kappa shape index (κ3) is 3.96. The number of ether oxygens (including phenoxy) is 4. The molecule has 0 aliphatic rings. The average molecular weight is 398 g/mol. The van der Waals surface area contributed by atoms with E-state index >= 15 is 0 Å². The van der Waals surface area contributed by atoms with E-state index in [1.807, 2.05) is 6.07 Å². The monoisotopic (exact) mass is 398 g/mol. The lowest BCUT2D eigenvalue weighted by Crippen LogP contribution is -2.07. The van der Waals surface area contributed by atoms with Gasteiger partial charge in [-0.15, -0.1) is 0 Å². The SMILES string of the molecule is COc1ccc(-c2cnoc2-c2cc(OC)c(OC)c(OC)c2)cc1NC(C)=O. The van der Waals surface area contributed by atoms with Crippen LogP contribution in [-0.2, 0) is 4.79 Å². The van der Waals surface area contributed by atoms with Crippen LogP contribution in [0.1, 0.15) is 6.92 Å². The second kappa shape index (κ2) is 8.55. The van der Waals surface area contributed by atoms with Gasteiger partial charge in [-0.3, -0.25) is 4.79 Å². The largest absolute Gasteiger partial charge is 0.495 e. The van der Waals surface area contributed by atoms with Crippen molar-refractivity contribution in [3.63, 3.8) is 0 Å². The maximum Gasteiger partial charge on any atom is 0.221 e. The molecule has 1 aromatic heterocycles. The molecule has 0 unspecified atom stereocenters. The molecule has 8 nitrogen and oxygen atoms in total. The van der Waals surface area contributed by atoms with Crippen LogP contribution in [0, 0.1) is 0 Å². The summed E-state index contributed by atoms with van der Waals surface area (Å²) in [5, 5.41) is 6.72. The maximum atomic E-state index is 11.5. The highest BCUT2D eigenvalue weighted by Gasteiger charge is 2.20. The van der Waals surface area contributed by atoms with Gasteiger partial charge in [0, 0.05) is 18.1 Å². The number of hydrogen-bond acceptors (Lipinski definition) is 7. The molecular formula is C21H22N2O6. The molecule has 3 rings (SSSR count). The molecule has 1 amide bonds. The van der Waals surface area contributed by atoms with Gasteiger partial charge < -0.3 is 28.8 Å². The lowest BCUT2D eigenvalue weighted by molar-refractivity contribution is -0.114. The number of benzene rings is 2. The molecule has 1 N–H and O–H groups in total. The predicted molar refractivity (Wildman–Crippen MR) is 108 cm³/mol. The van der Waals surface area contributed by atoms with Gasteiger partial charge in [0.2, 0.25) is 11.7 Å². The van der Waals surface area contributed by atoms with E-state index in [1.54, 1.807) is 58.9 Å². The van der Waals surface area contributed by atoms with Gasteiger partial charge in [-0.05, 0) is 29.8 Å². The lowest BCUT2D eigenvalue weighted by Gasteiger charge is -2.14. The first-order chi connectivity index (χ1) is 14.0. The maximum absolute atomic E-state index is 11.5. The van der Waals surface area contributed by atoms with Crippen molar-refractivity contribution < 1.29 is 28.3 Å². The molecule has 2 aromatic carbocycles. The molecule has 29 heavy (non-hydrogen) atoms. The summed E-state index contributed by atoms with van der Waals surface area (Å²) in [6, 6.07) is 8.99. The van der Waals surface area contributed by atoms with Gasteiger partial charge in [-0.25, -0.2) is 0 Å². The number of hydrogen-bond donors (Lipinski definition) is 1. The number of carbonyl (C=O) groups excluding carboxylic acids is 1. The summed E-state index contributed by atoms with van der Waals surface area (Å²) in [4.78, 5) is 11.5. The molecule has 0 atom stereocenters. The van der Waals surface area contributed by atoms with Crippen molar-refractivity contribution in [1.82, 2.24) is 5.16 Å². The van der Waals surface area contributed by atoms with Crippen LogP contribution >= 0.6 is 0 Å². The zero-order valence-corrected chi connectivity index (χ0v) is 16.9. The number of carbonyl (C=O) groups is 1. The van der Waals surface area contributed by atoms with Crippen LogP contribution < -0.4 is 24.3 Å². The summed E-state index contributed by atoms with van der Waals surface area (Å²) in [5.74, 6) is 2.35. The Morgan fingerprint density at radius 3 is 2.10 bits per heavy atom. The van der Waals surface area contributed by atoms with Crippen LogP contribution in [0.25, 0.3) is 22.5 Å². The number of nitrogens with one attached hydrogen (secondary N) is 1. The minimum absolute atomic E-state index is 0.199. The topological polar surface area (TPSA) is 92.1 Å². The van der Waals surface area contributed by atoms with Gasteiger partial charge in [0.05, 0.1) is 40.3 Å². The molecule has 1 heterocycles. The van der Waals surface area contributed by atoms with E-state index in [9.17, 15) is 4.79 Å². The fourth-order valence-corrected chi connectivity index (χ4v) is 3.03. The van der Waals surface area contributed by atoms with Gasteiger partial charge in [0.25, 0.3) is 0 Å². The van der Waals surface area contributed by atoms with E-state index in [2.05, 4.69) is 10.5 Å². The summed E-state index contributed by atoms with van der Waals surface area (Å²) in [6.07, 6.45) is 1.61. The van der Waals surface area contributed by atoms with Crippen LogP contribution in [0.3, 0.4) is 0 Å². The van der Waals surface area contributed by atoms with Crippen LogP contribution in [0.4, 0.5) is 5.69 Å². The number of aromatic nitrogens is 1. The third-order valence-corrected chi connectivity index (χ3v) is 4.32. The van der Waals surface area contributed by atoms with E-state index in [1.165, 1.54) is 6.92 Å². The Morgan fingerprint density at radius 1 is 0.897 bits per heavy atom. The van der Waals surface area contributed by atoms with Gasteiger partial charge in [-0.2, -0.15) is 0 Å². The number of methoxy groups -OCH3 is 4. The Balaban J connectivity index is 2.12. The third-order valence-electron chi connectivity index (χ3n) is 4.32. The summed E-state index contributed by atoms with van der Waals surface area (Å²) >= 11 is 0. The minimum Gasteiger partial charge on any atom is -0.495 e. The number of amides is 1. The van der Waals surface area contributed by atoms with Crippen LogP contribution in [0.5, 0.6) is 23.0 Å².